The molecule has 2 aromatic rings. The molecule has 3 rings (SSSR count). The summed E-state index contributed by atoms with van der Waals surface area (Å²) in [6, 6.07) is 8.79. The first-order valence-electron chi connectivity index (χ1n) is 8.62. The molecule has 24 heavy (non-hydrogen) atoms. The van der Waals surface area contributed by atoms with Crippen molar-refractivity contribution in [3.05, 3.63) is 30.5 Å². The van der Waals surface area contributed by atoms with Gasteiger partial charge in [0, 0.05) is 50.1 Å². The molecular weight excluding hydrogens is 302 g/mol. The molecule has 1 aliphatic heterocycles. The molecule has 1 aliphatic rings. The molecule has 2 atom stereocenters. The van der Waals surface area contributed by atoms with E-state index >= 15 is 0 Å². The Morgan fingerprint density at radius 1 is 1.25 bits per heavy atom. The number of anilines is 1. The molecule has 1 aromatic carbocycles. The summed E-state index contributed by atoms with van der Waals surface area (Å²) in [6.07, 6.45) is 3.02. The largest absolute Gasteiger partial charge is 0.494 e. The van der Waals surface area contributed by atoms with Gasteiger partial charge in [0.2, 0.25) is 0 Å². The monoisotopic (exact) mass is 329 g/mol. The van der Waals surface area contributed by atoms with Crippen LogP contribution in [0.4, 0.5) is 5.69 Å². The summed E-state index contributed by atoms with van der Waals surface area (Å²) >= 11 is 0. The first-order chi connectivity index (χ1) is 11.7. The van der Waals surface area contributed by atoms with Gasteiger partial charge in [-0.15, -0.1) is 0 Å². The Kier molecular flexibility index (Phi) is 5.53. The third-order valence-corrected chi connectivity index (χ3v) is 4.67. The van der Waals surface area contributed by atoms with Crippen LogP contribution in [0.25, 0.3) is 10.9 Å². The fourth-order valence-corrected chi connectivity index (χ4v) is 3.63. The number of benzene rings is 1. The Morgan fingerprint density at radius 3 is 2.92 bits per heavy atom. The fraction of sp³-hybridized carbons (Fsp3) is 0.526. The van der Waals surface area contributed by atoms with Crippen LogP contribution in [0.3, 0.4) is 0 Å². The van der Waals surface area contributed by atoms with E-state index in [-0.39, 0.29) is 0 Å². The highest BCUT2D eigenvalue weighted by Crippen LogP contribution is 2.34. The van der Waals surface area contributed by atoms with Crippen molar-refractivity contribution in [2.75, 3.05) is 45.4 Å². The second-order valence-electron chi connectivity index (χ2n) is 6.58. The Bertz CT molecular complexity index is 677. The quantitative estimate of drug-likeness (QED) is 0.826. The van der Waals surface area contributed by atoms with Crippen LogP contribution in [0.5, 0.6) is 5.75 Å². The number of methoxy groups -OCH3 is 2. The van der Waals surface area contributed by atoms with Crippen molar-refractivity contribution in [2.24, 2.45) is 5.92 Å². The van der Waals surface area contributed by atoms with Gasteiger partial charge in [0.05, 0.1) is 13.7 Å². The summed E-state index contributed by atoms with van der Waals surface area (Å²) < 4.78 is 10.6. The van der Waals surface area contributed by atoms with Crippen molar-refractivity contribution in [3.8, 4) is 5.75 Å². The van der Waals surface area contributed by atoms with Crippen LogP contribution in [0.2, 0.25) is 0 Å². The minimum Gasteiger partial charge on any atom is -0.494 e. The van der Waals surface area contributed by atoms with Gasteiger partial charge in [0.25, 0.3) is 0 Å². The minimum absolute atomic E-state index is 0.484. The van der Waals surface area contributed by atoms with E-state index in [1.807, 2.05) is 18.3 Å². The van der Waals surface area contributed by atoms with E-state index in [2.05, 4.69) is 34.3 Å². The lowest BCUT2D eigenvalue weighted by atomic mass is 9.95. The number of hydrogen-bond acceptors (Lipinski definition) is 5. The molecule has 130 valence electrons. The normalized spacial score (nSPS) is 21.2. The van der Waals surface area contributed by atoms with Gasteiger partial charge in [-0.05, 0) is 36.6 Å². The van der Waals surface area contributed by atoms with Gasteiger partial charge in [-0.3, -0.25) is 4.98 Å². The standard InChI is InChI=1S/C19H27N3O2/c1-14-11-15(20-9-10-23-2)13-22(12-14)17-6-7-18(24-3)19-16(17)5-4-8-21-19/h4-8,14-15,20H,9-13H2,1-3H3. The number of aromatic nitrogens is 1. The molecule has 1 N–H and O–H groups in total. The van der Waals surface area contributed by atoms with E-state index in [0.717, 1.165) is 42.9 Å². The third kappa shape index (κ3) is 3.62. The zero-order valence-electron chi connectivity index (χ0n) is 14.8. The maximum atomic E-state index is 5.47. The summed E-state index contributed by atoms with van der Waals surface area (Å²) in [5.74, 6) is 1.47. The maximum absolute atomic E-state index is 5.47. The maximum Gasteiger partial charge on any atom is 0.145 e. The molecule has 0 amide bonds. The van der Waals surface area contributed by atoms with Crippen LogP contribution in [0, 0.1) is 5.92 Å². The van der Waals surface area contributed by atoms with Crippen molar-refractivity contribution in [3.63, 3.8) is 0 Å². The second-order valence-corrected chi connectivity index (χ2v) is 6.58. The number of ether oxygens (including phenoxy) is 2. The predicted octanol–water partition coefficient (Wildman–Crippen LogP) is 2.69. The average molecular weight is 329 g/mol. The van der Waals surface area contributed by atoms with Crippen molar-refractivity contribution in [1.82, 2.24) is 10.3 Å². The van der Waals surface area contributed by atoms with E-state index in [4.69, 9.17) is 9.47 Å². The van der Waals surface area contributed by atoms with Gasteiger partial charge in [0.15, 0.2) is 0 Å². The smallest absolute Gasteiger partial charge is 0.145 e. The molecule has 1 saturated heterocycles. The van der Waals surface area contributed by atoms with Crippen molar-refractivity contribution < 1.29 is 9.47 Å². The molecule has 0 aliphatic carbocycles. The lowest BCUT2D eigenvalue weighted by molar-refractivity contribution is 0.192. The van der Waals surface area contributed by atoms with Gasteiger partial charge in [0.1, 0.15) is 11.3 Å². The van der Waals surface area contributed by atoms with Crippen LogP contribution in [-0.2, 0) is 4.74 Å². The number of hydrogen-bond donors (Lipinski definition) is 1. The molecule has 1 fully saturated rings. The molecule has 1 aromatic heterocycles. The second kappa shape index (κ2) is 7.81. The molecule has 5 heteroatoms. The average Bonchev–Trinajstić information content (AvgIpc) is 2.60. The number of nitrogens with zero attached hydrogens (tertiary/aromatic N) is 2. The fourth-order valence-electron chi connectivity index (χ4n) is 3.63. The van der Waals surface area contributed by atoms with Crippen LogP contribution >= 0.6 is 0 Å². The van der Waals surface area contributed by atoms with Gasteiger partial charge in [-0.25, -0.2) is 0 Å². The highest BCUT2D eigenvalue weighted by molar-refractivity contribution is 5.95. The molecular formula is C19H27N3O2. The highest BCUT2D eigenvalue weighted by Gasteiger charge is 2.26. The summed E-state index contributed by atoms with van der Waals surface area (Å²) in [5, 5.41) is 4.77. The van der Waals surface area contributed by atoms with Crippen molar-refractivity contribution >= 4 is 16.6 Å². The lowest BCUT2D eigenvalue weighted by Crippen LogP contribution is -2.49. The molecule has 0 radical (unpaired) electrons. The van der Waals surface area contributed by atoms with Crippen LogP contribution < -0.4 is 15.0 Å². The third-order valence-electron chi connectivity index (χ3n) is 4.67. The zero-order chi connectivity index (χ0) is 16.9. The van der Waals surface area contributed by atoms with Crippen LogP contribution in [-0.4, -0.2) is 51.5 Å². The topological polar surface area (TPSA) is 46.6 Å². The highest BCUT2D eigenvalue weighted by atomic mass is 16.5. The molecule has 0 spiro atoms. The molecule has 0 bridgehead atoms. The Hall–Kier alpha value is -1.85. The lowest BCUT2D eigenvalue weighted by Gasteiger charge is -2.39. The summed E-state index contributed by atoms with van der Waals surface area (Å²) in [4.78, 5) is 7.00. The number of piperidine rings is 1. The number of fused-ring (bicyclic) bond motifs is 1. The van der Waals surface area contributed by atoms with E-state index in [0.29, 0.717) is 12.0 Å². The Labute approximate surface area is 144 Å². The van der Waals surface area contributed by atoms with E-state index in [1.54, 1.807) is 14.2 Å². The number of pyridine rings is 1. The Balaban J connectivity index is 1.86. The summed E-state index contributed by atoms with van der Waals surface area (Å²) in [7, 11) is 3.44. The van der Waals surface area contributed by atoms with Crippen LogP contribution in [0.1, 0.15) is 13.3 Å². The molecule has 2 heterocycles. The van der Waals surface area contributed by atoms with Crippen molar-refractivity contribution in [1.29, 1.82) is 0 Å². The zero-order valence-corrected chi connectivity index (χ0v) is 14.8. The molecule has 5 nitrogen and oxygen atoms in total. The van der Waals surface area contributed by atoms with E-state index in [9.17, 15) is 0 Å². The summed E-state index contributed by atoms with van der Waals surface area (Å²) in [5.41, 5.74) is 2.17. The SMILES string of the molecule is COCCNC1CC(C)CN(c2ccc(OC)c3ncccc23)C1. The van der Waals surface area contributed by atoms with Gasteiger partial charge >= 0.3 is 0 Å². The number of rotatable bonds is 6. The van der Waals surface area contributed by atoms with Crippen molar-refractivity contribution in [2.45, 2.75) is 19.4 Å². The first kappa shape index (κ1) is 17.0. The van der Waals surface area contributed by atoms with E-state index in [1.165, 1.54) is 12.1 Å². The number of nitrogens with one attached hydrogen (secondary N) is 1. The molecule has 2 unspecified atom stereocenters. The van der Waals surface area contributed by atoms with Crippen LogP contribution in [0.15, 0.2) is 30.5 Å². The van der Waals surface area contributed by atoms with E-state index < -0.39 is 0 Å². The summed E-state index contributed by atoms with van der Waals surface area (Å²) in [6.45, 7) is 6.04. The first-order valence-corrected chi connectivity index (χ1v) is 8.62. The Morgan fingerprint density at radius 2 is 2.12 bits per heavy atom. The molecule has 0 saturated carbocycles. The van der Waals surface area contributed by atoms with Gasteiger partial charge in [-0.1, -0.05) is 6.92 Å². The van der Waals surface area contributed by atoms with Gasteiger partial charge < -0.3 is 19.7 Å². The van der Waals surface area contributed by atoms with Gasteiger partial charge in [-0.2, -0.15) is 0 Å². The predicted molar refractivity (Wildman–Crippen MR) is 98.0 cm³/mol. The minimum atomic E-state index is 0.484.